The standard InChI is InChI=1S/C10H9N.C8H8N2.C8H7NS.C7H8.3C6H7N.4C5H6N2/c1-8-4-5-10-9(7-8)3-2-6-11-10;1-6-2-3-7-5-9-10-8(7)4-6;1-6-2-3-8-7(4-6)9-5-10-8;1-7-5-3-2-4-6-7;1-6-2-4-7-5-3-6;1-6-3-2-4-7-5-6;1-6-4-2-3-5-7-6;1-5-2-6-4-7-3-5;1-5-4-6-2-3-7-5;1-5-2-3-6-4-7-5;1-5-3-2-4-6-7-5/h2-7H,1H3;2-5H,1H3,(H,9,10);2-5H,1H3;2-6H,1H3;3*2-5H,1H3;4*2-4H,1H3. The minimum atomic E-state index is 0.961. The van der Waals surface area contributed by atoms with Crippen LogP contribution in [0.2, 0.25) is 0 Å². The summed E-state index contributed by atoms with van der Waals surface area (Å²) < 4.78 is 1.27. The first kappa shape index (κ1) is 68.9. The van der Waals surface area contributed by atoms with Crippen molar-refractivity contribution in [1.82, 2.24) is 75.2 Å². The molecule has 0 aliphatic heterocycles. The van der Waals surface area contributed by atoms with Crippen LogP contribution in [0.5, 0.6) is 0 Å². The van der Waals surface area contributed by atoms with Crippen molar-refractivity contribution >= 4 is 43.4 Å². The molecule has 0 saturated carbocycles. The Labute approximate surface area is 516 Å². The van der Waals surface area contributed by atoms with E-state index in [1.807, 2.05) is 164 Å². The number of nitrogens with one attached hydrogen (secondary N) is 1. The van der Waals surface area contributed by atoms with Crippen LogP contribution in [-0.2, 0) is 0 Å². The average molecular weight is 1170 g/mol. The second-order valence-electron chi connectivity index (χ2n) is 19.1. The van der Waals surface area contributed by atoms with Crippen molar-refractivity contribution < 1.29 is 0 Å². The maximum atomic E-state index is 4.22. The fourth-order valence-corrected chi connectivity index (χ4v) is 7.21. The third-order valence-electron chi connectivity index (χ3n) is 11.1. The molecule has 0 fully saturated rings. The van der Waals surface area contributed by atoms with Crippen LogP contribution in [0.1, 0.15) is 61.7 Å². The van der Waals surface area contributed by atoms with Crippen molar-refractivity contribution in [1.29, 1.82) is 0 Å². The Hall–Kier alpha value is -10.6. The van der Waals surface area contributed by atoms with Gasteiger partial charge in [-0.3, -0.25) is 35.0 Å². The number of rotatable bonds is 0. The predicted octanol–water partition coefficient (Wildman–Crippen LogP) is 16.3. The number of hydrogen-bond donors (Lipinski definition) is 1. The van der Waals surface area contributed by atoms with E-state index in [0.29, 0.717) is 0 Å². The number of hydrogen-bond acceptors (Lipinski definition) is 15. The van der Waals surface area contributed by atoms with Crippen molar-refractivity contribution in [2.45, 2.75) is 76.2 Å². The number of nitrogens with zero attached hydrogens (tertiary/aromatic N) is 14. The monoisotopic (exact) mass is 1170 g/mol. The molecule has 0 spiro atoms. The third-order valence-corrected chi connectivity index (χ3v) is 11.9. The molecule has 10 aromatic heterocycles. The number of H-pyrrole nitrogens is 1. The number of aromatic amines is 1. The van der Waals surface area contributed by atoms with Gasteiger partial charge in [0, 0.05) is 103 Å². The lowest BCUT2D eigenvalue weighted by Crippen LogP contribution is -1.79. The normalized spacial score (nSPS) is 9.32. The molecule has 0 radical (unpaired) electrons. The molecule has 1 N–H and O–H groups in total. The van der Waals surface area contributed by atoms with Crippen molar-refractivity contribution in [3.8, 4) is 0 Å². The highest BCUT2D eigenvalue weighted by atomic mass is 32.1. The van der Waals surface area contributed by atoms with E-state index in [9.17, 15) is 0 Å². The maximum absolute atomic E-state index is 4.22. The van der Waals surface area contributed by atoms with Gasteiger partial charge in [0.05, 0.1) is 44.3 Å². The molecule has 14 rings (SSSR count). The highest BCUT2D eigenvalue weighted by Crippen LogP contribution is 2.18. The molecule has 10 heterocycles. The minimum Gasteiger partial charge on any atom is -0.278 e. The van der Waals surface area contributed by atoms with Gasteiger partial charge in [-0.25, -0.2) is 24.9 Å². The van der Waals surface area contributed by atoms with E-state index in [1.54, 1.807) is 79.5 Å². The molecule has 0 aliphatic rings. The predicted molar refractivity (Wildman–Crippen MR) is 357 cm³/mol. The molecule has 14 aromatic rings. The summed E-state index contributed by atoms with van der Waals surface area (Å²) in [6.45, 7) is 22.1. The van der Waals surface area contributed by atoms with Gasteiger partial charge in [-0.2, -0.15) is 15.3 Å². The molecule has 16 heteroatoms. The molecule has 0 aliphatic carbocycles. The summed E-state index contributed by atoms with van der Waals surface area (Å²) in [6.07, 6.45) is 27.7. The lowest BCUT2D eigenvalue weighted by Gasteiger charge is -1.95. The lowest BCUT2D eigenvalue weighted by molar-refractivity contribution is 0.980. The zero-order valence-corrected chi connectivity index (χ0v) is 52.3. The van der Waals surface area contributed by atoms with Gasteiger partial charge in [-0.1, -0.05) is 83.9 Å². The topological polar surface area (TPSA) is 196 Å². The molecule has 87 heavy (non-hydrogen) atoms. The summed E-state index contributed by atoms with van der Waals surface area (Å²) in [4.78, 5) is 43.0. The van der Waals surface area contributed by atoms with Gasteiger partial charge >= 0.3 is 0 Å². The van der Waals surface area contributed by atoms with Gasteiger partial charge in [-0.05, 0) is 189 Å². The van der Waals surface area contributed by atoms with Crippen LogP contribution in [0.15, 0.2) is 263 Å². The Bertz CT molecular complexity index is 3400. The van der Waals surface area contributed by atoms with Gasteiger partial charge in [0.2, 0.25) is 0 Å². The van der Waals surface area contributed by atoms with E-state index in [4.69, 9.17) is 0 Å². The molecule has 442 valence electrons. The van der Waals surface area contributed by atoms with E-state index >= 15 is 0 Å². The summed E-state index contributed by atoms with van der Waals surface area (Å²) in [7, 11) is 0. The maximum Gasteiger partial charge on any atom is 0.115 e. The van der Waals surface area contributed by atoms with Crippen LogP contribution in [0.3, 0.4) is 0 Å². The molecular formula is C71H77N15S. The third kappa shape index (κ3) is 32.7. The number of aromatic nitrogens is 15. The number of pyridine rings is 4. The van der Waals surface area contributed by atoms with Crippen LogP contribution >= 0.6 is 11.3 Å². The summed E-state index contributed by atoms with van der Waals surface area (Å²) >= 11 is 1.68. The van der Waals surface area contributed by atoms with Gasteiger partial charge in [-0.15, -0.1) is 11.3 Å². The first-order chi connectivity index (χ1) is 42.2. The van der Waals surface area contributed by atoms with Crippen LogP contribution in [0, 0.1) is 76.2 Å². The van der Waals surface area contributed by atoms with Crippen LogP contribution in [0.4, 0.5) is 0 Å². The van der Waals surface area contributed by atoms with Gasteiger partial charge in [0.1, 0.15) is 12.7 Å². The Kier molecular flexibility index (Phi) is 33.5. The van der Waals surface area contributed by atoms with Crippen molar-refractivity contribution in [2.75, 3.05) is 0 Å². The van der Waals surface area contributed by atoms with E-state index in [-0.39, 0.29) is 0 Å². The van der Waals surface area contributed by atoms with E-state index < -0.39 is 0 Å². The summed E-state index contributed by atoms with van der Waals surface area (Å²) in [5.74, 6) is 0. The van der Waals surface area contributed by atoms with Crippen molar-refractivity contribution in [2.24, 2.45) is 0 Å². The second-order valence-corrected chi connectivity index (χ2v) is 20.0. The number of benzene rings is 4. The molecule has 0 saturated heterocycles. The summed E-state index contributed by atoms with van der Waals surface area (Å²) in [6, 6.07) is 52.5. The second kappa shape index (κ2) is 42.3. The van der Waals surface area contributed by atoms with Crippen LogP contribution in [0.25, 0.3) is 32.0 Å². The highest BCUT2D eigenvalue weighted by Gasteiger charge is 1.95. The first-order valence-corrected chi connectivity index (χ1v) is 28.7. The van der Waals surface area contributed by atoms with Gasteiger partial charge < -0.3 is 0 Å². The Morgan fingerprint density at radius 2 is 0.931 bits per heavy atom. The Balaban J connectivity index is 0.000000206. The zero-order chi connectivity index (χ0) is 62.5. The summed E-state index contributed by atoms with van der Waals surface area (Å²) in [5, 5.41) is 16.6. The Morgan fingerprint density at radius 3 is 1.44 bits per heavy atom. The average Bonchev–Trinajstić information content (AvgIpc) is 4.44. The SMILES string of the molecule is Cc1ccc2cn[nH]c2c1.Cc1ccc2ncccc2c1.Cc1ccc2scnc2c1.Cc1ccccc1.Cc1ccccn1.Cc1cccnc1.Cc1cccnn1.Cc1ccncc1.Cc1ccncn1.Cc1cnccn1.Cc1cncnc1. The van der Waals surface area contributed by atoms with Gasteiger partial charge in [0.25, 0.3) is 0 Å². The van der Waals surface area contributed by atoms with Gasteiger partial charge in [0.15, 0.2) is 0 Å². The molecular weight excluding hydrogens is 1090 g/mol. The number of aryl methyl sites for hydroxylation is 11. The molecule has 15 nitrogen and oxygen atoms in total. The van der Waals surface area contributed by atoms with Crippen LogP contribution < -0.4 is 0 Å². The van der Waals surface area contributed by atoms with E-state index in [1.165, 1.54) is 61.5 Å². The fraction of sp³-hybridized carbons (Fsp3) is 0.155. The first-order valence-electron chi connectivity index (χ1n) is 27.8. The lowest BCUT2D eigenvalue weighted by atomic mass is 10.1. The fourth-order valence-electron chi connectivity index (χ4n) is 6.55. The highest BCUT2D eigenvalue weighted by molar-refractivity contribution is 7.16. The number of thiazole rings is 1. The summed E-state index contributed by atoms with van der Waals surface area (Å²) in [5.41, 5.74) is 17.9. The molecule has 0 amide bonds. The Morgan fingerprint density at radius 1 is 0.310 bits per heavy atom. The van der Waals surface area contributed by atoms with Crippen molar-refractivity contribution in [3.05, 3.63) is 324 Å². The number of fused-ring (bicyclic) bond motifs is 3. The molecule has 4 aromatic carbocycles. The van der Waals surface area contributed by atoms with Crippen molar-refractivity contribution in [3.63, 3.8) is 0 Å². The quantitative estimate of drug-likeness (QED) is 0.150. The van der Waals surface area contributed by atoms with Crippen LogP contribution in [-0.4, -0.2) is 75.2 Å². The smallest absolute Gasteiger partial charge is 0.115 e. The van der Waals surface area contributed by atoms with E-state index in [0.717, 1.165) is 44.9 Å². The minimum absolute atomic E-state index is 0.961. The largest absolute Gasteiger partial charge is 0.278 e. The zero-order valence-electron chi connectivity index (χ0n) is 51.5. The molecule has 0 atom stereocenters. The molecule has 0 unspecified atom stereocenters. The van der Waals surface area contributed by atoms with E-state index in [2.05, 4.69) is 170 Å². The molecule has 0 bridgehead atoms.